The maximum absolute atomic E-state index is 5.49. The summed E-state index contributed by atoms with van der Waals surface area (Å²) in [6, 6.07) is 4.62. The number of likely N-dealkylation sites (tertiary alicyclic amines) is 1. The molecule has 78 valence electrons. The Bertz CT molecular complexity index is 266. The molecule has 2 nitrogen and oxygen atoms in total. The van der Waals surface area contributed by atoms with E-state index in [4.69, 9.17) is 4.42 Å². The van der Waals surface area contributed by atoms with Crippen LogP contribution in [-0.2, 0) is 0 Å². The zero-order valence-electron chi connectivity index (χ0n) is 9.07. The van der Waals surface area contributed by atoms with E-state index in [2.05, 4.69) is 24.8 Å². The molecule has 0 amide bonds. The monoisotopic (exact) mass is 193 g/mol. The van der Waals surface area contributed by atoms with Crippen LogP contribution in [0, 0.1) is 5.92 Å². The summed E-state index contributed by atoms with van der Waals surface area (Å²) >= 11 is 0. The molecule has 0 bridgehead atoms. The predicted molar refractivity (Wildman–Crippen MR) is 57.1 cm³/mol. The van der Waals surface area contributed by atoms with E-state index < -0.39 is 0 Å². The first-order chi connectivity index (χ1) is 6.77. The van der Waals surface area contributed by atoms with Crippen LogP contribution in [0.1, 0.15) is 38.5 Å². The van der Waals surface area contributed by atoms with Gasteiger partial charge in [0.2, 0.25) is 0 Å². The minimum absolute atomic E-state index is 0.535. The Balaban J connectivity index is 2.04. The van der Waals surface area contributed by atoms with Crippen molar-refractivity contribution in [3.8, 4) is 0 Å². The fraction of sp³-hybridized carbons (Fsp3) is 0.667. The minimum atomic E-state index is 0.535. The first-order valence-corrected chi connectivity index (χ1v) is 5.55. The third-order valence-corrected chi connectivity index (χ3v) is 2.83. The van der Waals surface area contributed by atoms with Gasteiger partial charge in [-0.15, -0.1) is 0 Å². The van der Waals surface area contributed by atoms with Crippen molar-refractivity contribution < 1.29 is 4.42 Å². The first-order valence-electron chi connectivity index (χ1n) is 5.55. The molecular weight excluding hydrogens is 174 g/mol. The Hall–Kier alpha value is -0.760. The zero-order chi connectivity index (χ0) is 9.97. The molecular formula is C12H19NO. The second-order valence-corrected chi connectivity index (χ2v) is 4.56. The second-order valence-electron chi connectivity index (χ2n) is 4.56. The van der Waals surface area contributed by atoms with Crippen molar-refractivity contribution in [2.24, 2.45) is 5.92 Å². The van der Waals surface area contributed by atoms with Crippen molar-refractivity contribution in [2.75, 3.05) is 13.1 Å². The second kappa shape index (κ2) is 4.18. The molecule has 2 heterocycles. The summed E-state index contributed by atoms with van der Waals surface area (Å²) in [6.07, 6.45) is 4.33. The summed E-state index contributed by atoms with van der Waals surface area (Å²) in [5, 5.41) is 0. The first kappa shape index (κ1) is 9.78. The van der Waals surface area contributed by atoms with Crippen molar-refractivity contribution in [1.29, 1.82) is 0 Å². The van der Waals surface area contributed by atoms with Gasteiger partial charge in [0.1, 0.15) is 5.76 Å². The number of hydrogen-bond donors (Lipinski definition) is 0. The molecule has 1 saturated heterocycles. The molecule has 1 aliphatic rings. The van der Waals surface area contributed by atoms with Crippen molar-refractivity contribution in [3.05, 3.63) is 24.2 Å². The van der Waals surface area contributed by atoms with Crippen molar-refractivity contribution >= 4 is 0 Å². The topological polar surface area (TPSA) is 16.4 Å². The lowest BCUT2D eigenvalue weighted by Crippen LogP contribution is -2.27. The van der Waals surface area contributed by atoms with Crippen LogP contribution in [0.15, 0.2) is 22.8 Å². The highest BCUT2D eigenvalue weighted by atomic mass is 16.3. The van der Waals surface area contributed by atoms with Crippen LogP contribution in [-0.4, -0.2) is 18.0 Å². The average Bonchev–Trinajstić information content (AvgIpc) is 2.70. The highest BCUT2D eigenvalue weighted by molar-refractivity contribution is 5.06. The van der Waals surface area contributed by atoms with Crippen molar-refractivity contribution in [1.82, 2.24) is 4.90 Å². The molecule has 1 fully saturated rings. The molecule has 0 aliphatic carbocycles. The van der Waals surface area contributed by atoms with E-state index in [9.17, 15) is 0 Å². The van der Waals surface area contributed by atoms with E-state index in [0.29, 0.717) is 6.04 Å². The number of nitrogens with zero attached hydrogens (tertiary/aromatic N) is 1. The standard InChI is InChI=1S/C12H19NO/c1-10(2)9-13-7-3-5-11(13)12-6-4-8-14-12/h4,6,8,10-11H,3,5,7,9H2,1-2H3/t11-/m0/s1. The Morgan fingerprint density at radius 2 is 2.43 bits per heavy atom. The Kier molecular flexibility index (Phi) is 2.92. The summed E-state index contributed by atoms with van der Waals surface area (Å²) < 4.78 is 5.49. The summed E-state index contributed by atoms with van der Waals surface area (Å²) in [6.45, 7) is 6.96. The minimum Gasteiger partial charge on any atom is -0.468 e. The largest absolute Gasteiger partial charge is 0.468 e. The van der Waals surface area contributed by atoms with Crippen molar-refractivity contribution in [3.63, 3.8) is 0 Å². The normalized spacial score (nSPS) is 23.5. The van der Waals surface area contributed by atoms with Crippen LogP contribution in [0.25, 0.3) is 0 Å². The zero-order valence-corrected chi connectivity index (χ0v) is 9.07. The number of furan rings is 1. The maximum atomic E-state index is 5.49. The molecule has 14 heavy (non-hydrogen) atoms. The Labute approximate surface area is 85.9 Å². The molecule has 0 spiro atoms. The Morgan fingerprint density at radius 1 is 1.57 bits per heavy atom. The molecule has 1 aromatic rings. The molecule has 1 aliphatic heterocycles. The van der Waals surface area contributed by atoms with E-state index in [1.54, 1.807) is 6.26 Å². The molecule has 1 aromatic heterocycles. The van der Waals surface area contributed by atoms with Crippen LogP contribution in [0.3, 0.4) is 0 Å². The fourth-order valence-corrected chi connectivity index (χ4v) is 2.32. The van der Waals surface area contributed by atoms with E-state index in [0.717, 1.165) is 11.7 Å². The molecule has 2 heteroatoms. The molecule has 0 saturated carbocycles. The van der Waals surface area contributed by atoms with Gasteiger partial charge in [0.25, 0.3) is 0 Å². The molecule has 0 unspecified atom stereocenters. The molecule has 0 N–H and O–H groups in total. The van der Waals surface area contributed by atoms with Gasteiger partial charge >= 0.3 is 0 Å². The summed E-state index contributed by atoms with van der Waals surface area (Å²) in [5.74, 6) is 1.88. The van der Waals surface area contributed by atoms with Gasteiger partial charge in [-0.2, -0.15) is 0 Å². The summed E-state index contributed by atoms with van der Waals surface area (Å²) in [5.41, 5.74) is 0. The lowest BCUT2D eigenvalue weighted by atomic mass is 10.1. The smallest absolute Gasteiger partial charge is 0.120 e. The number of hydrogen-bond acceptors (Lipinski definition) is 2. The van der Waals surface area contributed by atoms with Gasteiger partial charge in [0.15, 0.2) is 0 Å². The van der Waals surface area contributed by atoms with Crippen LogP contribution < -0.4 is 0 Å². The van der Waals surface area contributed by atoms with Gasteiger partial charge in [-0.3, -0.25) is 4.90 Å². The fourth-order valence-electron chi connectivity index (χ4n) is 2.32. The Morgan fingerprint density at radius 3 is 3.07 bits per heavy atom. The highest BCUT2D eigenvalue weighted by Gasteiger charge is 2.27. The summed E-state index contributed by atoms with van der Waals surface area (Å²) in [7, 11) is 0. The van der Waals surface area contributed by atoms with Gasteiger partial charge in [0.05, 0.1) is 12.3 Å². The lowest BCUT2D eigenvalue weighted by Gasteiger charge is -2.24. The van der Waals surface area contributed by atoms with Gasteiger partial charge in [-0.05, 0) is 37.4 Å². The lowest BCUT2D eigenvalue weighted by molar-refractivity contribution is 0.206. The van der Waals surface area contributed by atoms with E-state index in [1.165, 1.54) is 25.9 Å². The molecule has 1 atom stereocenters. The molecule has 2 rings (SSSR count). The molecule has 0 radical (unpaired) electrons. The number of rotatable bonds is 3. The van der Waals surface area contributed by atoms with Crippen LogP contribution in [0.4, 0.5) is 0 Å². The highest BCUT2D eigenvalue weighted by Crippen LogP contribution is 2.32. The van der Waals surface area contributed by atoms with Crippen molar-refractivity contribution in [2.45, 2.75) is 32.7 Å². The van der Waals surface area contributed by atoms with E-state index in [1.807, 2.05) is 6.07 Å². The maximum Gasteiger partial charge on any atom is 0.120 e. The SMILES string of the molecule is CC(C)CN1CCC[C@H]1c1ccco1. The van der Waals surface area contributed by atoms with Crippen LogP contribution in [0.2, 0.25) is 0 Å². The van der Waals surface area contributed by atoms with Gasteiger partial charge in [0, 0.05) is 6.54 Å². The molecule has 0 aromatic carbocycles. The van der Waals surface area contributed by atoms with Gasteiger partial charge in [-0.25, -0.2) is 0 Å². The quantitative estimate of drug-likeness (QED) is 0.733. The van der Waals surface area contributed by atoms with E-state index >= 15 is 0 Å². The summed E-state index contributed by atoms with van der Waals surface area (Å²) in [4.78, 5) is 2.55. The van der Waals surface area contributed by atoms with Crippen LogP contribution >= 0.6 is 0 Å². The predicted octanol–water partition coefficient (Wildman–Crippen LogP) is 3.07. The third-order valence-electron chi connectivity index (χ3n) is 2.83. The van der Waals surface area contributed by atoms with E-state index in [-0.39, 0.29) is 0 Å². The average molecular weight is 193 g/mol. The van der Waals surface area contributed by atoms with Gasteiger partial charge < -0.3 is 4.42 Å². The van der Waals surface area contributed by atoms with Crippen LogP contribution in [0.5, 0.6) is 0 Å². The van der Waals surface area contributed by atoms with Gasteiger partial charge in [-0.1, -0.05) is 13.8 Å². The third kappa shape index (κ3) is 2.01.